The minimum Gasteiger partial charge on any atom is -0.388 e. The van der Waals surface area contributed by atoms with Gasteiger partial charge in [-0.15, -0.1) is 0 Å². The van der Waals surface area contributed by atoms with Gasteiger partial charge in [0.25, 0.3) is 0 Å². The maximum absolute atomic E-state index is 13.7. The summed E-state index contributed by atoms with van der Waals surface area (Å²) in [5.74, 6) is -0.248. The first-order chi connectivity index (χ1) is 9.13. The molecule has 2 nitrogen and oxygen atoms in total. The fourth-order valence-corrected chi connectivity index (χ4v) is 2.02. The Morgan fingerprint density at radius 2 is 1.74 bits per heavy atom. The summed E-state index contributed by atoms with van der Waals surface area (Å²) in [5, 5.41) is 9.75. The van der Waals surface area contributed by atoms with E-state index in [4.69, 9.17) is 0 Å². The van der Waals surface area contributed by atoms with Gasteiger partial charge >= 0.3 is 0 Å². The quantitative estimate of drug-likeness (QED) is 0.895. The number of nitrogens with zero attached hydrogens (tertiary/aromatic N) is 1. The average molecular weight is 259 g/mol. The Kier molecular flexibility index (Phi) is 4.17. The molecule has 0 bridgehead atoms. The van der Waals surface area contributed by atoms with Crippen LogP contribution in [0.1, 0.15) is 25.0 Å². The molecule has 19 heavy (non-hydrogen) atoms. The molecule has 0 spiro atoms. The lowest BCUT2D eigenvalue weighted by atomic mass is 10.1. The summed E-state index contributed by atoms with van der Waals surface area (Å²) in [4.78, 5) is 1.79. The second-order valence-electron chi connectivity index (χ2n) is 4.53. The molecule has 0 saturated heterocycles. The zero-order valence-electron chi connectivity index (χ0n) is 11.2. The van der Waals surface area contributed by atoms with Crippen LogP contribution < -0.4 is 4.90 Å². The van der Waals surface area contributed by atoms with Crippen LogP contribution in [-0.2, 0) is 0 Å². The van der Waals surface area contributed by atoms with E-state index < -0.39 is 6.10 Å². The van der Waals surface area contributed by atoms with Crippen LogP contribution in [0.2, 0.25) is 0 Å². The minimum atomic E-state index is -0.437. The lowest BCUT2D eigenvalue weighted by Crippen LogP contribution is -2.11. The van der Waals surface area contributed by atoms with Gasteiger partial charge < -0.3 is 10.0 Å². The summed E-state index contributed by atoms with van der Waals surface area (Å²) < 4.78 is 13.7. The molecule has 0 unspecified atom stereocenters. The molecule has 0 amide bonds. The molecular weight excluding hydrogens is 241 g/mol. The van der Waals surface area contributed by atoms with E-state index in [2.05, 4.69) is 0 Å². The van der Waals surface area contributed by atoms with E-state index in [0.717, 1.165) is 11.3 Å². The van der Waals surface area contributed by atoms with Gasteiger partial charge in [-0.1, -0.05) is 31.2 Å². The van der Waals surface area contributed by atoms with E-state index in [1.807, 2.05) is 44.3 Å². The summed E-state index contributed by atoms with van der Waals surface area (Å²) in [5.41, 5.74) is 2.30. The van der Waals surface area contributed by atoms with Gasteiger partial charge in [0.05, 0.1) is 11.8 Å². The van der Waals surface area contributed by atoms with E-state index in [1.165, 1.54) is 6.07 Å². The summed E-state index contributed by atoms with van der Waals surface area (Å²) in [6.07, 6.45) is 0.246. The Morgan fingerprint density at radius 1 is 1.11 bits per heavy atom. The third-order valence-corrected chi connectivity index (χ3v) is 3.27. The Labute approximate surface area is 113 Å². The van der Waals surface area contributed by atoms with Gasteiger partial charge in [-0.05, 0) is 36.2 Å². The highest BCUT2D eigenvalue weighted by molar-refractivity contribution is 5.63. The molecule has 0 aliphatic rings. The molecule has 2 aromatic rings. The van der Waals surface area contributed by atoms with Crippen molar-refractivity contribution in [1.82, 2.24) is 0 Å². The van der Waals surface area contributed by atoms with Crippen molar-refractivity contribution in [3.05, 3.63) is 59.9 Å². The van der Waals surface area contributed by atoms with Crippen LogP contribution in [0.4, 0.5) is 15.8 Å². The standard InChI is InChI=1S/C16H18FNO/c1-3-16(19)12-8-10-13(11-9-12)18(2)15-7-5-4-6-14(15)17/h4-11,16,19H,3H2,1-2H3/t16-/m1/s1. The highest BCUT2D eigenvalue weighted by Crippen LogP contribution is 2.27. The second-order valence-corrected chi connectivity index (χ2v) is 4.53. The van der Waals surface area contributed by atoms with E-state index in [0.29, 0.717) is 12.1 Å². The third-order valence-electron chi connectivity index (χ3n) is 3.27. The van der Waals surface area contributed by atoms with Crippen LogP contribution in [-0.4, -0.2) is 12.2 Å². The summed E-state index contributed by atoms with van der Waals surface area (Å²) in [7, 11) is 1.82. The number of para-hydroxylation sites is 1. The molecule has 100 valence electrons. The van der Waals surface area contributed by atoms with E-state index in [-0.39, 0.29) is 5.82 Å². The molecule has 0 aliphatic carbocycles. The molecule has 2 aromatic carbocycles. The number of benzene rings is 2. The van der Waals surface area contributed by atoms with Crippen molar-refractivity contribution in [2.24, 2.45) is 0 Å². The summed E-state index contributed by atoms with van der Waals surface area (Å²) in [6.45, 7) is 1.93. The van der Waals surface area contributed by atoms with Crippen LogP contribution in [0, 0.1) is 5.82 Å². The molecule has 0 radical (unpaired) electrons. The van der Waals surface area contributed by atoms with Crippen LogP contribution in [0.3, 0.4) is 0 Å². The van der Waals surface area contributed by atoms with Crippen LogP contribution >= 0.6 is 0 Å². The Morgan fingerprint density at radius 3 is 2.32 bits per heavy atom. The van der Waals surface area contributed by atoms with Gasteiger partial charge in [-0.2, -0.15) is 0 Å². The van der Waals surface area contributed by atoms with Crippen molar-refractivity contribution in [2.75, 3.05) is 11.9 Å². The minimum absolute atomic E-state index is 0.248. The van der Waals surface area contributed by atoms with Crippen LogP contribution in [0.15, 0.2) is 48.5 Å². The number of hydrogen-bond donors (Lipinski definition) is 1. The molecule has 1 N–H and O–H groups in total. The molecule has 0 heterocycles. The number of rotatable bonds is 4. The molecule has 0 fully saturated rings. The lowest BCUT2D eigenvalue weighted by molar-refractivity contribution is 0.173. The second kappa shape index (κ2) is 5.85. The highest BCUT2D eigenvalue weighted by atomic mass is 19.1. The van der Waals surface area contributed by atoms with Crippen molar-refractivity contribution in [2.45, 2.75) is 19.4 Å². The van der Waals surface area contributed by atoms with Crippen molar-refractivity contribution in [1.29, 1.82) is 0 Å². The maximum Gasteiger partial charge on any atom is 0.146 e. The van der Waals surface area contributed by atoms with E-state index in [9.17, 15) is 9.50 Å². The number of halogens is 1. The van der Waals surface area contributed by atoms with Crippen molar-refractivity contribution < 1.29 is 9.50 Å². The first-order valence-corrected chi connectivity index (χ1v) is 6.39. The predicted octanol–water partition coefficient (Wildman–Crippen LogP) is 4.04. The molecule has 3 heteroatoms. The zero-order chi connectivity index (χ0) is 13.8. The van der Waals surface area contributed by atoms with E-state index in [1.54, 1.807) is 17.0 Å². The van der Waals surface area contributed by atoms with Crippen molar-refractivity contribution in [3.8, 4) is 0 Å². The van der Waals surface area contributed by atoms with Gasteiger partial charge in [0.1, 0.15) is 5.82 Å². The molecule has 2 rings (SSSR count). The monoisotopic (exact) mass is 259 g/mol. The summed E-state index contributed by atoms with van der Waals surface area (Å²) >= 11 is 0. The van der Waals surface area contributed by atoms with Gasteiger partial charge in [0.15, 0.2) is 0 Å². The lowest BCUT2D eigenvalue weighted by Gasteiger charge is -2.20. The van der Waals surface area contributed by atoms with E-state index >= 15 is 0 Å². The molecule has 0 aliphatic heterocycles. The van der Waals surface area contributed by atoms with Crippen molar-refractivity contribution in [3.63, 3.8) is 0 Å². The van der Waals surface area contributed by atoms with Gasteiger partial charge in [0, 0.05) is 12.7 Å². The molecule has 0 aromatic heterocycles. The zero-order valence-corrected chi connectivity index (χ0v) is 11.2. The predicted molar refractivity (Wildman–Crippen MR) is 76.2 cm³/mol. The average Bonchev–Trinajstić information content (AvgIpc) is 2.46. The smallest absolute Gasteiger partial charge is 0.146 e. The topological polar surface area (TPSA) is 23.5 Å². The molecule has 0 saturated carbocycles. The Hall–Kier alpha value is -1.87. The highest BCUT2D eigenvalue weighted by Gasteiger charge is 2.10. The molecular formula is C16H18FNO. The van der Waals surface area contributed by atoms with Gasteiger partial charge in [0.2, 0.25) is 0 Å². The fraction of sp³-hybridized carbons (Fsp3) is 0.250. The number of aliphatic hydroxyl groups is 1. The van der Waals surface area contributed by atoms with Crippen molar-refractivity contribution >= 4 is 11.4 Å². The largest absolute Gasteiger partial charge is 0.388 e. The number of anilines is 2. The SMILES string of the molecule is CC[C@@H](O)c1ccc(N(C)c2ccccc2F)cc1. The van der Waals surface area contributed by atoms with Gasteiger partial charge in [-0.25, -0.2) is 4.39 Å². The first-order valence-electron chi connectivity index (χ1n) is 6.39. The fourth-order valence-electron chi connectivity index (χ4n) is 2.02. The normalized spacial score (nSPS) is 12.2. The van der Waals surface area contributed by atoms with Gasteiger partial charge in [-0.3, -0.25) is 0 Å². The third kappa shape index (κ3) is 2.93. The first kappa shape index (κ1) is 13.6. The van der Waals surface area contributed by atoms with Crippen LogP contribution in [0.5, 0.6) is 0 Å². The molecule has 1 atom stereocenters. The number of aliphatic hydroxyl groups excluding tert-OH is 1. The Balaban J connectivity index is 2.25. The maximum atomic E-state index is 13.7. The summed E-state index contributed by atoms with van der Waals surface area (Å²) in [6, 6.07) is 14.2. The Bertz CT molecular complexity index is 539. The van der Waals surface area contributed by atoms with Crippen LogP contribution in [0.25, 0.3) is 0 Å². The number of hydrogen-bond acceptors (Lipinski definition) is 2.